The van der Waals surface area contributed by atoms with Crippen molar-refractivity contribution in [2.24, 2.45) is 0 Å². The first-order valence-electron chi connectivity index (χ1n) is 10.9. The Morgan fingerprint density at radius 3 is 2.32 bits per heavy atom. The fourth-order valence-electron chi connectivity index (χ4n) is 4.73. The Hall–Kier alpha value is -1.82. The number of hydrogen-bond acceptors (Lipinski definition) is 4. The van der Waals surface area contributed by atoms with E-state index >= 15 is 0 Å². The van der Waals surface area contributed by atoms with Gasteiger partial charge in [-0.05, 0) is 40.5 Å². The Balaban J connectivity index is 1.32. The van der Waals surface area contributed by atoms with Gasteiger partial charge in [0.15, 0.2) is 0 Å². The molecule has 0 radical (unpaired) electrons. The van der Waals surface area contributed by atoms with Crippen LogP contribution < -0.4 is 0 Å². The second kappa shape index (κ2) is 9.35. The van der Waals surface area contributed by atoms with Crippen LogP contribution in [0.15, 0.2) is 77.7 Å². The molecule has 3 nitrogen and oxygen atoms in total. The average Bonchev–Trinajstić information content (AvgIpc) is 2.97. The van der Waals surface area contributed by atoms with Crippen LogP contribution in [0.2, 0.25) is 5.02 Å². The van der Waals surface area contributed by atoms with Gasteiger partial charge in [0.05, 0.1) is 12.1 Å². The van der Waals surface area contributed by atoms with Crippen LogP contribution in [0, 0.1) is 0 Å². The molecule has 160 valence electrons. The summed E-state index contributed by atoms with van der Waals surface area (Å²) in [6.07, 6.45) is -0.487. The summed E-state index contributed by atoms with van der Waals surface area (Å²) in [5.74, 6) is 1.02. The van der Waals surface area contributed by atoms with Crippen molar-refractivity contribution >= 4 is 23.4 Å². The Bertz CT molecular complexity index is 986. The highest BCUT2D eigenvalue weighted by Crippen LogP contribution is 2.42. The highest BCUT2D eigenvalue weighted by molar-refractivity contribution is 7.98. The first kappa shape index (κ1) is 21.0. The number of halogens is 1. The molecule has 31 heavy (non-hydrogen) atoms. The summed E-state index contributed by atoms with van der Waals surface area (Å²) >= 11 is 7.93. The minimum atomic E-state index is -0.487. The van der Waals surface area contributed by atoms with Crippen LogP contribution in [-0.4, -0.2) is 47.6 Å². The van der Waals surface area contributed by atoms with Gasteiger partial charge >= 0.3 is 0 Å². The lowest BCUT2D eigenvalue weighted by Crippen LogP contribution is -2.48. The largest absolute Gasteiger partial charge is 0.387 e. The third kappa shape index (κ3) is 4.55. The molecule has 2 aliphatic heterocycles. The van der Waals surface area contributed by atoms with E-state index < -0.39 is 6.10 Å². The molecule has 0 spiro atoms. The van der Waals surface area contributed by atoms with E-state index in [4.69, 9.17) is 11.6 Å². The predicted molar refractivity (Wildman–Crippen MR) is 129 cm³/mol. The molecule has 1 fully saturated rings. The summed E-state index contributed by atoms with van der Waals surface area (Å²) < 4.78 is 0. The van der Waals surface area contributed by atoms with E-state index in [0.717, 1.165) is 37.5 Å². The molecule has 0 amide bonds. The van der Waals surface area contributed by atoms with E-state index in [1.54, 1.807) is 0 Å². The van der Waals surface area contributed by atoms with Crippen molar-refractivity contribution in [1.29, 1.82) is 0 Å². The van der Waals surface area contributed by atoms with E-state index in [0.29, 0.717) is 17.6 Å². The SMILES string of the molecule is OC(CN1CCN(C2c3ccccc3CSc3ccccc32)CC1)c1ccc(Cl)cc1. The van der Waals surface area contributed by atoms with Gasteiger partial charge in [-0.1, -0.05) is 66.2 Å². The fraction of sp³-hybridized carbons (Fsp3) is 0.308. The van der Waals surface area contributed by atoms with Crippen LogP contribution in [0.1, 0.15) is 34.4 Å². The molecule has 3 aromatic rings. The van der Waals surface area contributed by atoms with Crippen molar-refractivity contribution < 1.29 is 5.11 Å². The zero-order valence-corrected chi connectivity index (χ0v) is 19.0. The van der Waals surface area contributed by atoms with E-state index in [1.807, 2.05) is 36.0 Å². The smallest absolute Gasteiger partial charge is 0.0916 e. The number of piperazine rings is 1. The molecule has 3 aromatic carbocycles. The van der Waals surface area contributed by atoms with Gasteiger partial charge in [-0.3, -0.25) is 9.80 Å². The van der Waals surface area contributed by atoms with Crippen molar-refractivity contribution in [2.75, 3.05) is 32.7 Å². The lowest BCUT2D eigenvalue weighted by atomic mass is 9.93. The van der Waals surface area contributed by atoms with Crippen molar-refractivity contribution in [3.63, 3.8) is 0 Å². The molecule has 0 aromatic heterocycles. The maximum Gasteiger partial charge on any atom is 0.0916 e. The minimum absolute atomic E-state index is 0.297. The Kier molecular flexibility index (Phi) is 6.35. The predicted octanol–water partition coefficient (Wildman–Crippen LogP) is 5.39. The molecule has 1 saturated heterocycles. The van der Waals surface area contributed by atoms with Gasteiger partial charge in [0.2, 0.25) is 0 Å². The highest BCUT2D eigenvalue weighted by Gasteiger charge is 2.31. The molecular weight excluding hydrogens is 424 g/mol. The maximum atomic E-state index is 10.7. The summed E-state index contributed by atoms with van der Waals surface area (Å²) in [5.41, 5.74) is 5.23. The Morgan fingerprint density at radius 1 is 0.871 bits per heavy atom. The number of nitrogens with zero attached hydrogens (tertiary/aromatic N) is 2. The molecule has 1 N–H and O–H groups in total. The third-order valence-corrected chi connectivity index (χ3v) is 7.79. The van der Waals surface area contributed by atoms with E-state index in [2.05, 4.69) is 58.3 Å². The van der Waals surface area contributed by atoms with Crippen LogP contribution >= 0.6 is 23.4 Å². The minimum Gasteiger partial charge on any atom is -0.387 e. The molecule has 2 atom stereocenters. The van der Waals surface area contributed by atoms with E-state index in [1.165, 1.54) is 21.6 Å². The molecule has 0 aliphatic carbocycles. The first-order valence-corrected chi connectivity index (χ1v) is 12.2. The molecule has 5 rings (SSSR count). The number of hydrogen-bond donors (Lipinski definition) is 1. The number of fused-ring (bicyclic) bond motifs is 2. The number of rotatable bonds is 4. The summed E-state index contributed by atoms with van der Waals surface area (Å²) in [7, 11) is 0. The summed E-state index contributed by atoms with van der Waals surface area (Å²) in [5, 5.41) is 11.4. The van der Waals surface area contributed by atoms with Crippen molar-refractivity contribution in [2.45, 2.75) is 22.8 Å². The molecule has 0 saturated carbocycles. The van der Waals surface area contributed by atoms with Crippen molar-refractivity contribution in [3.05, 3.63) is 100 Å². The standard InChI is InChI=1S/C26H27ClN2OS/c27-21-11-9-19(10-12-21)24(30)17-28-13-15-29(16-14-28)26-22-6-2-1-5-20(22)18-31-25-8-4-3-7-23(25)26/h1-12,24,26,30H,13-18H2. The molecule has 2 aliphatic rings. The number of aliphatic hydroxyl groups excluding tert-OH is 1. The van der Waals surface area contributed by atoms with E-state index in [-0.39, 0.29) is 0 Å². The van der Waals surface area contributed by atoms with E-state index in [9.17, 15) is 5.11 Å². The zero-order valence-electron chi connectivity index (χ0n) is 17.5. The second-order valence-corrected chi connectivity index (χ2v) is 9.79. The molecular formula is C26H27ClN2OS. The molecule has 2 unspecified atom stereocenters. The summed E-state index contributed by atoms with van der Waals surface area (Å²) in [6.45, 7) is 4.55. The number of benzene rings is 3. The van der Waals surface area contributed by atoms with Crippen LogP contribution in [-0.2, 0) is 5.75 Å². The van der Waals surface area contributed by atoms with Gasteiger partial charge in [-0.15, -0.1) is 11.8 Å². The van der Waals surface area contributed by atoms with Crippen LogP contribution in [0.5, 0.6) is 0 Å². The zero-order chi connectivity index (χ0) is 21.2. The van der Waals surface area contributed by atoms with Gasteiger partial charge in [-0.25, -0.2) is 0 Å². The second-order valence-electron chi connectivity index (χ2n) is 8.33. The lowest BCUT2D eigenvalue weighted by Gasteiger charge is -2.40. The summed E-state index contributed by atoms with van der Waals surface area (Å²) in [6, 6.07) is 25.6. The fourth-order valence-corrected chi connectivity index (χ4v) is 5.95. The quantitative estimate of drug-likeness (QED) is 0.576. The van der Waals surface area contributed by atoms with Crippen LogP contribution in [0.3, 0.4) is 0 Å². The normalized spacial score (nSPS) is 20.5. The van der Waals surface area contributed by atoms with Gasteiger partial charge in [0.25, 0.3) is 0 Å². The molecule has 2 heterocycles. The lowest BCUT2D eigenvalue weighted by molar-refractivity contribution is 0.0619. The maximum absolute atomic E-state index is 10.7. The highest BCUT2D eigenvalue weighted by atomic mass is 35.5. The molecule has 0 bridgehead atoms. The van der Waals surface area contributed by atoms with Crippen molar-refractivity contribution in [1.82, 2.24) is 9.80 Å². The van der Waals surface area contributed by atoms with Gasteiger partial charge < -0.3 is 5.11 Å². The van der Waals surface area contributed by atoms with Crippen LogP contribution in [0.4, 0.5) is 0 Å². The Labute approximate surface area is 193 Å². The van der Waals surface area contributed by atoms with Crippen molar-refractivity contribution in [3.8, 4) is 0 Å². The Morgan fingerprint density at radius 2 is 1.55 bits per heavy atom. The van der Waals surface area contributed by atoms with Gasteiger partial charge in [-0.2, -0.15) is 0 Å². The average molecular weight is 451 g/mol. The third-order valence-electron chi connectivity index (χ3n) is 6.40. The number of aliphatic hydroxyl groups is 1. The molecule has 5 heteroatoms. The number of β-amino-alcohol motifs (C(OH)–C–C–N with tert-alkyl or cyclic N) is 1. The summed E-state index contributed by atoms with van der Waals surface area (Å²) in [4.78, 5) is 6.39. The number of thioether (sulfide) groups is 1. The van der Waals surface area contributed by atoms with Crippen LogP contribution in [0.25, 0.3) is 0 Å². The topological polar surface area (TPSA) is 26.7 Å². The first-order chi connectivity index (χ1) is 15.2. The van der Waals surface area contributed by atoms with Gasteiger partial charge in [0.1, 0.15) is 0 Å². The van der Waals surface area contributed by atoms with Gasteiger partial charge in [0, 0.05) is 48.4 Å². The monoisotopic (exact) mass is 450 g/mol.